The predicted molar refractivity (Wildman–Crippen MR) is 174 cm³/mol. The van der Waals surface area contributed by atoms with Crippen molar-refractivity contribution in [2.45, 2.75) is 82.0 Å². The minimum atomic E-state index is -3.86. The first-order chi connectivity index (χ1) is 20.6. The molecular weight excluding hydrogens is 604 g/mol. The Kier molecular flexibility index (Phi) is 9.26. The van der Waals surface area contributed by atoms with E-state index in [2.05, 4.69) is 9.62 Å². The van der Waals surface area contributed by atoms with Gasteiger partial charge in [0.25, 0.3) is 5.91 Å². The third kappa shape index (κ3) is 6.56. The van der Waals surface area contributed by atoms with E-state index >= 15 is 0 Å². The predicted octanol–water partition coefficient (Wildman–Crippen LogP) is 6.82. The number of nitrogens with zero attached hydrogens (tertiary/aromatic N) is 1. The summed E-state index contributed by atoms with van der Waals surface area (Å²) in [6.07, 6.45) is 7.79. The molecule has 43 heavy (non-hydrogen) atoms. The van der Waals surface area contributed by atoms with Gasteiger partial charge in [-0.25, -0.2) is 13.1 Å². The summed E-state index contributed by atoms with van der Waals surface area (Å²) >= 11 is 8.31. The van der Waals surface area contributed by atoms with Gasteiger partial charge in [0.15, 0.2) is 0 Å². The Morgan fingerprint density at radius 3 is 2.67 bits per heavy atom. The number of hydrogen-bond acceptors (Lipinski definition) is 7. The van der Waals surface area contributed by atoms with Gasteiger partial charge in [-0.15, -0.1) is 11.8 Å². The molecule has 1 saturated heterocycles. The standard InChI is InChI=1S/C33H43ClN2O5S2/c1-22-6-5-14-33(41-16-17-42-33)29-12-9-26(29)20-36-15-4-3-7-24-18-28(34)11-8-27(24)21-40-31-13-10-25(19-30(31)36)32(37)35-43(38,39)23(22)2/h8,10-11,13,18-19,22-23,26,29H,3-7,9,12,14-17,20-21H2,1-2H3,(H,35,37)/t22-,23+,26-,29+,33-/m0/s1. The van der Waals surface area contributed by atoms with E-state index in [4.69, 9.17) is 21.1 Å². The van der Waals surface area contributed by atoms with Gasteiger partial charge in [0, 0.05) is 35.3 Å². The van der Waals surface area contributed by atoms with Crippen LogP contribution in [0.15, 0.2) is 36.4 Å². The van der Waals surface area contributed by atoms with Gasteiger partial charge in [0.1, 0.15) is 17.3 Å². The first-order valence-electron chi connectivity index (χ1n) is 15.8. The molecule has 2 fully saturated rings. The lowest BCUT2D eigenvalue weighted by Gasteiger charge is -2.49. The fourth-order valence-corrected chi connectivity index (χ4v) is 10.2. The van der Waals surface area contributed by atoms with Gasteiger partial charge >= 0.3 is 0 Å². The summed E-state index contributed by atoms with van der Waals surface area (Å²) in [5.41, 5.74) is 3.47. The molecule has 3 heterocycles. The molecule has 2 aromatic carbocycles. The Labute approximate surface area is 265 Å². The van der Waals surface area contributed by atoms with Crippen molar-refractivity contribution < 1.29 is 22.7 Å². The van der Waals surface area contributed by atoms with Crippen molar-refractivity contribution in [1.29, 1.82) is 0 Å². The molecule has 1 spiro atoms. The van der Waals surface area contributed by atoms with Crippen molar-refractivity contribution in [2.75, 3.05) is 30.3 Å². The Morgan fingerprint density at radius 2 is 1.91 bits per heavy atom. The molecule has 234 valence electrons. The van der Waals surface area contributed by atoms with Gasteiger partial charge in [-0.3, -0.25) is 4.79 Å². The van der Waals surface area contributed by atoms with Crippen LogP contribution < -0.4 is 14.4 Å². The van der Waals surface area contributed by atoms with Crippen LogP contribution in [0, 0.1) is 17.8 Å². The van der Waals surface area contributed by atoms with E-state index in [1.807, 2.05) is 49.0 Å². The number of fused-ring (bicyclic) bond motifs is 4. The highest BCUT2D eigenvalue weighted by molar-refractivity contribution is 8.00. The molecule has 6 rings (SSSR count). The number of anilines is 1. The first kappa shape index (κ1) is 31.1. The van der Waals surface area contributed by atoms with E-state index in [1.165, 1.54) is 5.56 Å². The fraction of sp³-hybridized carbons (Fsp3) is 0.606. The summed E-state index contributed by atoms with van der Waals surface area (Å²) in [6.45, 7) is 6.51. The summed E-state index contributed by atoms with van der Waals surface area (Å²) in [6, 6.07) is 11.3. The molecule has 10 heteroatoms. The number of rotatable bonds is 0. The van der Waals surface area contributed by atoms with E-state index in [1.54, 1.807) is 13.0 Å². The van der Waals surface area contributed by atoms with Crippen molar-refractivity contribution in [3.63, 3.8) is 0 Å². The lowest BCUT2D eigenvalue weighted by molar-refractivity contribution is -0.0571. The number of amides is 1. The fourth-order valence-electron chi connectivity index (χ4n) is 7.24. The average molecular weight is 647 g/mol. The van der Waals surface area contributed by atoms with E-state index < -0.39 is 21.2 Å². The maximum atomic E-state index is 13.4. The zero-order valence-corrected chi connectivity index (χ0v) is 27.5. The monoisotopic (exact) mass is 646 g/mol. The third-order valence-corrected chi connectivity index (χ3v) is 13.8. The molecule has 1 saturated carbocycles. The molecule has 0 aromatic heterocycles. The maximum absolute atomic E-state index is 13.4. The van der Waals surface area contributed by atoms with Crippen molar-refractivity contribution in [3.05, 3.63) is 58.1 Å². The first-order valence-corrected chi connectivity index (χ1v) is 18.7. The second kappa shape index (κ2) is 12.8. The van der Waals surface area contributed by atoms with Crippen molar-refractivity contribution >= 4 is 45.0 Å². The molecule has 1 aliphatic carbocycles. The maximum Gasteiger partial charge on any atom is 0.264 e. The third-order valence-electron chi connectivity index (χ3n) is 10.2. The highest BCUT2D eigenvalue weighted by Crippen LogP contribution is 2.54. The number of thioether (sulfide) groups is 1. The van der Waals surface area contributed by atoms with E-state index in [9.17, 15) is 13.2 Å². The number of ether oxygens (including phenoxy) is 2. The Morgan fingerprint density at radius 1 is 1.05 bits per heavy atom. The van der Waals surface area contributed by atoms with E-state index in [0.29, 0.717) is 29.8 Å². The van der Waals surface area contributed by atoms with Gasteiger partial charge < -0.3 is 14.4 Å². The molecule has 4 aliphatic rings. The number of carbonyl (C=O) groups is 1. The van der Waals surface area contributed by atoms with Crippen LogP contribution in [-0.2, 0) is 27.8 Å². The Hall–Kier alpha value is -1.94. The highest BCUT2D eigenvalue weighted by atomic mass is 35.5. The number of nitrogens with one attached hydrogen (secondary N) is 1. The van der Waals surface area contributed by atoms with Crippen LogP contribution in [0.4, 0.5) is 5.69 Å². The molecule has 1 N–H and O–H groups in total. The van der Waals surface area contributed by atoms with E-state index in [0.717, 1.165) is 93.1 Å². The van der Waals surface area contributed by atoms with Crippen LogP contribution in [0.5, 0.6) is 5.75 Å². The van der Waals surface area contributed by atoms with Crippen LogP contribution in [-0.4, -0.2) is 50.0 Å². The van der Waals surface area contributed by atoms with E-state index in [-0.39, 0.29) is 10.9 Å². The second-order valence-corrected chi connectivity index (χ2v) is 16.7. The average Bonchev–Trinajstić information content (AvgIpc) is 3.42. The lowest BCUT2D eigenvalue weighted by Crippen LogP contribution is -2.49. The number of halogens is 1. The highest BCUT2D eigenvalue weighted by Gasteiger charge is 2.51. The quantitative estimate of drug-likeness (QED) is 0.336. The summed E-state index contributed by atoms with van der Waals surface area (Å²) in [5.74, 6) is 1.94. The Balaban J connectivity index is 1.39. The molecule has 2 bridgehead atoms. The number of hydrogen-bond donors (Lipinski definition) is 1. The lowest BCUT2D eigenvalue weighted by atomic mass is 9.68. The van der Waals surface area contributed by atoms with Gasteiger partial charge in [-0.05, 0) is 112 Å². The topological polar surface area (TPSA) is 84.9 Å². The molecule has 1 amide bonds. The van der Waals surface area contributed by atoms with Crippen molar-refractivity contribution in [1.82, 2.24) is 4.72 Å². The number of sulfonamides is 1. The normalized spacial score (nSPS) is 31.5. The summed E-state index contributed by atoms with van der Waals surface area (Å²) < 4.78 is 42.1. The summed E-state index contributed by atoms with van der Waals surface area (Å²) in [5, 5.41) is 0.0357. The smallest absolute Gasteiger partial charge is 0.264 e. The number of benzene rings is 2. The second-order valence-electron chi connectivity index (χ2n) is 12.8. The molecule has 0 radical (unpaired) electrons. The van der Waals surface area contributed by atoms with Gasteiger partial charge in [-0.2, -0.15) is 0 Å². The Bertz CT molecular complexity index is 1440. The van der Waals surface area contributed by atoms with Crippen molar-refractivity contribution in [2.24, 2.45) is 17.8 Å². The van der Waals surface area contributed by atoms with Crippen LogP contribution in [0.3, 0.4) is 0 Å². The van der Waals surface area contributed by atoms with Crippen LogP contribution >= 0.6 is 23.4 Å². The van der Waals surface area contributed by atoms with Crippen molar-refractivity contribution in [3.8, 4) is 5.75 Å². The molecule has 2 aromatic rings. The number of carbonyl (C=O) groups excluding carboxylic acids is 1. The van der Waals surface area contributed by atoms with Gasteiger partial charge in [0.2, 0.25) is 10.0 Å². The summed E-state index contributed by atoms with van der Waals surface area (Å²) in [7, 11) is -3.86. The SMILES string of the molecule is C[C@@H]1[C@@H](C)CCC[C@@]2(OCCS2)[C@@H]2CC[C@H]2CN2CCCCc3cc(Cl)ccc3COc3ccc(cc32)C(=O)NS1(=O)=O. The van der Waals surface area contributed by atoms with Crippen LogP contribution in [0.1, 0.15) is 80.3 Å². The zero-order chi connectivity index (χ0) is 30.2. The van der Waals surface area contributed by atoms with Gasteiger partial charge in [-0.1, -0.05) is 24.6 Å². The minimum Gasteiger partial charge on any atom is -0.487 e. The molecule has 3 aliphatic heterocycles. The van der Waals surface area contributed by atoms with Crippen LogP contribution in [0.25, 0.3) is 0 Å². The minimum absolute atomic E-state index is 0.0899. The van der Waals surface area contributed by atoms with Crippen LogP contribution in [0.2, 0.25) is 5.02 Å². The molecule has 5 atom stereocenters. The van der Waals surface area contributed by atoms with Gasteiger partial charge in [0.05, 0.1) is 17.5 Å². The largest absolute Gasteiger partial charge is 0.487 e. The molecular formula is C33H43ClN2O5S2. The molecule has 0 unspecified atom stereocenters. The zero-order valence-electron chi connectivity index (χ0n) is 25.1. The number of aryl methyl sites for hydroxylation is 1. The molecule has 7 nitrogen and oxygen atoms in total. The summed E-state index contributed by atoms with van der Waals surface area (Å²) in [4.78, 5) is 15.6.